The van der Waals surface area contributed by atoms with Crippen molar-refractivity contribution in [2.45, 2.75) is 38.5 Å². The summed E-state index contributed by atoms with van der Waals surface area (Å²) in [5.74, 6) is 0.383. The summed E-state index contributed by atoms with van der Waals surface area (Å²) >= 11 is 6.04. The van der Waals surface area contributed by atoms with E-state index in [0.717, 1.165) is 30.7 Å². The maximum atomic E-state index is 6.04. The van der Waals surface area contributed by atoms with Gasteiger partial charge in [0.05, 0.1) is 4.99 Å². The molecule has 158 valence electrons. The molecule has 0 N–H and O–H groups in total. The number of rotatable bonds is 5. The first kappa shape index (κ1) is 21.5. The lowest BCUT2D eigenvalue weighted by Crippen LogP contribution is -2.33. The smallest absolute Gasteiger partial charge is 0.0858 e. The van der Waals surface area contributed by atoms with Crippen LogP contribution in [0.4, 0.5) is 5.69 Å². The SMILES string of the molecule is C=CC(c1ccccc1)C(C)C(=S)N(C)c1cc2ccc1CCc1ccc(cc1)CC2. The van der Waals surface area contributed by atoms with Gasteiger partial charge in [-0.3, -0.25) is 0 Å². The zero-order valence-corrected chi connectivity index (χ0v) is 19.4. The third kappa shape index (κ3) is 4.80. The first-order valence-electron chi connectivity index (χ1n) is 11.2. The van der Waals surface area contributed by atoms with Crippen molar-refractivity contribution in [2.24, 2.45) is 5.92 Å². The largest absolute Gasteiger partial charge is 0.339 e. The Morgan fingerprint density at radius 1 is 0.871 bits per heavy atom. The number of anilines is 1. The Hall–Kier alpha value is -2.71. The molecule has 2 atom stereocenters. The molecule has 4 aliphatic rings. The van der Waals surface area contributed by atoms with Crippen molar-refractivity contribution < 1.29 is 0 Å². The van der Waals surface area contributed by atoms with E-state index >= 15 is 0 Å². The number of hydrogen-bond acceptors (Lipinski definition) is 1. The van der Waals surface area contributed by atoms with Gasteiger partial charge in [-0.2, -0.15) is 0 Å². The predicted octanol–water partition coefficient (Wildman–Crippen LogP) is 6.94. The Bertz CT molecular complexity index is 1050. The molecule has 0 fully saturated rings. The summed E-state index contributed by atoms with van der Waals surface area (Å²) in [7, 11) is 2.13. The second-order valence-electron chi connectivity index (χ2n) is 8.64. The molecule has 2 unspecified atom stereocenters. The van der Waals surface area contributed by atoms with E-state index in [1.54, 1.807) is 0 Å². The van der Waals surface area contributed by atoms with E-state index in [-0.39, 0.29) is 11.8 Å². The molecule has 3 aromatic rings. The summed E-state index contributed by atoms with van der Waals surface area (Å²) in [4.78, 5) is 3.20. The quantitative estimate of drug-likeness (QED) is 0.322. The van der Waals surface area contributed by atoms with Crippen LogP contribution < -0.4 is 4.90 Å². The minimum Gasteiger partial charge on any atom is -0.339 e. The Labute approximate surface area is 192 Å². The number of nitrogens with zero attached hydrogens (tertiary/aromatic N) is 1. The van der Waals surface area contributed by atoms with E-state index in [1.807, 2.05) is 6.08 Å². The highest BCUT2D eigenvalue weighted by atomic mass is 32.1. The average molecular weight is 426 g/mol. The van der Waals surface area contributed by atoms with E-state index in [4.69, 9.17) is 12.2 Å². The van der Waals surface area contributed by atoms with Crippen molar-refractivity contribution in [3.63, 3.8) is 0 Å². The first-order valence-corrected chi connectivity index (χ1v) is 11.6. The van der Waals surface area contributed by atoms with Crippen molar-refractivity contribution in [3.8, 4) is 0 Å². The third-order valence-corrected chi connectivity index (χ3v) is 7.26. The molecule has 0 aromatic heterocycles. The van der Waals surface area contributed by atoms with Crippen molar-refractivity contribution in [1.29, 1.82) is 0 Å². The summed E-state index contributed by atoms with van der Waals surface area (Å²) in [6, 6.07) is 26.7. The zero-order valence-electron chi connectivity index (χ0n) is 18.6. The normalized spacial score (nSPS) is 14.9. The molecule has 0 radical (unpaired) electrons. The van der Waals surface area contributed by atoms with Gasteiger partial charge in [0.25, 0.3) is 0 Å². The molecule has 0 aliphatic heterocycles. The molecular weight excluding hydrogens is 394 g/mol. The summed E-state index contributed by atoms with van der Waals surface area (Å²) in [6.45, 7) is 6.33. The standard InChI is InChI=1S/C29H31NS/c1-4-27(25-8-6-5-7-9-25)21(2)29(31)30(3)28-20-24-15-14-22-10-12-23(13-11-22)16-18-26(28)19-17-24/h4-13,17,19-21,27H,1,14-16,18H2,2-3H3. The Balaban J connectivity index is 1.62. The van der Waals surface area contributed by atoms with Crippen LogP contribution in [-0.4, -0.2) is 12.0 Å². The molecule has 2 heteroatoms. The van der Waals surface area contributed by atoms with Gasteiger partial charge in [0.15, 0.2) is 0 Å². The maximum absolute atomic E-state index is 6.04. The van der Waals surface area contributed by atoms with Gasteiger partial charge in [0.1, 0.15) is 0 Å². The molecule has 0 amide bonds. The minimum atomic E-state index is 0.182. The van der Waals surface area contributed by atoms with Gasteiger partial charge in [0.2, 0.25) is 0 Å². The molecule has 0 spiro atoms. The van der Waals surface area contributed by atoms with Crippen LogP contribution in [-0.2, 0) is 25.7 Å². The molecule has 31 heavy (non-hydrogen) atoms. The fourth-order valence-electron chi connectivity index (χ4n) is 4.61. The second-order valence-corrected chi connectivity index (χ2v) is 9.06. The van der Waals surface area contributed by atoms with Gasteiger partial charge in [0, 0.05) is 24.6 Å². The van der Waals surface area contributed by atoms with Crippen molar-refractivity contribution in [3.05, 3.63) is 113 Å². The Morgan fingerprint density at radius 3 is 2.10 bits per heavy atom. The van der Waals surface area contributed by atoms with Crippen LogP contribution in [0.25, 0.3) is 0 Å². The fourth-order valence-corrected chi connectivity index (χ4v) is 4.86. The number of thiocarbonyl (C=S) groups is 1. The van der Waals surface area contributed by atoms with Crippen molar-refractivity contribution in [2.75, 3.05) is 11.9 Å². The van der Waals surface area contributed by atoms with Crippen LogP contribution in [0.3, 0.4) is 0 Å². The van der Waals surface area contributed by atoms with Crippen LogP contribution in [0.2, 0.25) is 0 Å². The summed E-state index contributed by atoms with van der Waals surface area (Å²) in [6.07, 6.45) is 6.20. The molecule has 0 saturated carbocycles. The number of hydrogen-bond donors (Lipinski definition) is 0. The molecule has 4 bridgehead atoms. The van der Waals surface area contributed by atoms with Gasteiger partial charge in [-0.1, -0.05) is 91.9 Å². The van der Waals surface area contributed by atoms with Crippen LogP contribution >= 0.6 is 12.2 Å². The van der Waals surface area contributed by atoms with E-state index in [1.165, 1.54) is 33.5 Å². The van der Waals surface area contributed by atoms with Crippen molar-refractivity contribution >= 4 is 22.9 Å². The highest BCUT2D eigenvalue weighted by Gasteiger charge is 2.24. The minimum absolute atomic E-state index is 0.182. The molecule has 3 aromatic carbocycles. The van der Waals surface area contributed by atoms with Gasteiger partial charge in [-0.25, -0.2) is 0 Å². The monoisotopic (exact) mass is 425 g/mol. The molecule has 1 nitrogen and oxygen atoms in total. The zero-order chi connectivity index (χ0) is 21.8. The lowest BCUT2D eigenvalue weighted by atomic mass is 9.86. The molecule has 0 saturated heterocycles. The van der Waals surface area contributed by atoms with Crippen LogP contribution in [0.5, 0.6) is 0 Å². The first-order chi connectivity index (χ1) is 15.1. The van der Waals surface area contributed by atoms with E-state index in [0.29, 0.717) is 0 Å². The summed E-state index contributed by atoms with van der Waals surface area (Å²) in [5, 5.41) is 0. The average Bonchev–Trinajstić information content (AvgIpc) is 2.81. The molecule has 0 heterocycles. The summed E-state index contributed by atoms with van der Waals surface area (Å²) in [5.41, 5.74) is 8.05. The predicted molar refractivity (Wildman–Crippen MR) is 137 cm³/mol. The molecule has 7 rings (SSSR count). The van der Waals surface area contributed by atoms with Gasteiger partial charge in [-0.15, -0.1) is 6.58 Å². The number of benzene rings is 3. The Kier molecular flexibility index (Phi) is 6.67. The lowest BCUT2D eigenvalue weighted by Gasteiger charge is -2.31. The highest BCUT2D eigenvalue weighted by Crippen LogP contribution is 2.32. The van der Waals surface area contributed by atoms with E-state index in [9.17, 15) is 0 Å². The van der Waals surface area contributed by atoms with Gasteiger partial charge < -0.3 is 4.90 Å². The van der Waals surface area contributed by atoms with Gasteiger partial charge >= 0.3 is 0 Å². The molecular formula is C29H31NS. The van der Waals surface area contributed by atoms with Crippen molar-refractivity contribution in [1.82, 2.24) is 0 Å². The van der Waals surface area contributed by atoms with E-state index < -0.39 is 0 Å². The topological polar surface area (TPSA) is 3.24 Å². The summed E-state index contributed by atoms with van der Waals surface area (Å²) < 4.78 is 0. The van der Waals surface area contributed by atoms with E-state index in [2.05, 4.69) is 98.2 Å². The van der Waals surface area contributed by atoms with Crippen LogP contribution in [0.15, 0.2) is 85.5 Å². The van der Waals surface area contributed by atoms with Crippen LogP contribution in [0.1, 0.15) is 40.7 Å². The number of aryl methyl sites for hydroxylation is 4. The van der Waals surface area contributed by atoms with Gasteiger partial charge in [-0.05, 0) is 59.6 Å². The second kappa shape index (κ2) is 9.62. The maximum Gasteiger partial charge on any atom is 0.0858 e. The Morgan fingerprint density at radius 2 is 1.45 bits per heavy atom. The third-order valence-electron chi connectivity index (χ3n) is 6.62. The van der Waals surface area contributed by atoms with Crippen LogP contribution in [0, 0.1) is 5.92 Å². The highest BCUT2D eigenvalue weighted by molar-refractivity contribution is 7.80. The number of allylic oxidation sites excluding steroid dienone is 1. The fraction of sp³-hybridized carbons (Fsp3) is 0.276. The lowest BCUT2D eigenvalue weighted by molar-refractivity contribution is 0.679. The molecule has 4 aliphatic carbocycles.